The van der Waals surface area contributed by atoms with E-state index in [9.17, 15) is 4.79 Å². The van der Waals surface area contributed by atoms with Crippen molar-refractivity contribution in [2.75, 3.05) is 40.0 Å². The molecule has 0 aliphatic carbocycles. The van der Waals surface area contributed by atoms with Crippen LogP contribution in [-0.2, 0) is 13.1 Å². The molecule has 2 aliphatic heterocycles. The lowest BCUT2D eigenvalue weighted by atomic mass is 10.0. The first-order valence-corrected chi connectivity index (χ1v) is 11.7. The predicted molar refractivity (Wildman–Crippen MR) is 128 cm³/mol. The minimum atomic E-state index is 0.0166. The molecule has 174 valence electrons. The maximum absolute atomic E-state index is 12.6. The van der Waals surface area contributed by atoms with Crippen LogP contribution in [0.15, 0.2) is 53.3 Å². The van der Waals surface area contributed by atoms with Crippen molar-refractivity contribution < 1.29 is 14.2 Å². The van der Waals surface area contributed by atoms with E-state index in [1.165, 1.54) is 5.56 Å². The first kappa shape index (κ1) is 21.8. The van der Waals surface area contributed by atoms with Gasteiger partial charge < -0.3 is 29.0 Å². The molecule has 33 heavy (non-hydrogen) atoms. The number of likely N-dealkylation sites (tertiary alicyclic amines) is 1. The summed E-state index contributed by atoms with van der Waals surface area (Å²) in [5.74, 6) is 2.42. The number of piperidine rings is 1. The van der Waals surface area contributed by atoms with E-state index in [0.717, 1.165) is 67.2 Å². The Labute approximate surface area is 193 Å². The fourth-order valence-electron chi connectivity index (χ4n) is 4.77. The lowest BCUT2D eigenvalue weighted by Gasteiger charge is -2.32. The van der Waals surface area contributed by atoms with Gasteiger partial charge in [0.15, 0.2) is 11.5 Å². The third kappa shape index (κ3) is 4.84. The summed E-state index contributed by atoms with van der Waals surface area (Å²) in [7, 11) is 1.65. The number of rotatable bonds is 7. The van der Waals surface area contributed by atoms with E-state index in [4.69, 9.17) is 14.2 Å². The second-order valence-corrected chi connectivity index (χ2v) is 8.70. The number of benzene rings is 2. The van der Waals surface area contributed by atoms with Gasteiger partial charge in [-0.2, -0.15) is 0 Å². The first-order valence-electron chi connectivity index (χ1n) is 11.7. The van der Waals surface area contributed by atoms with Crippen LogP contribution in [-0.4, -0.2) is 55.5 Å². The molecule has 7 heteroatoms. The summed E-state index contributed by atoms with van der Waals surface area (Å²) in [6, 6.07) is 16.1. The van der Waals surface area contributed by atoms with Crippen molar-refractivity contribution in [1.29, 1.82) is 0 Å². The molecule has 0 bridgehead atoms. The largest absolute Gasteiger partial charge is 0.495 e. The number of ether oxygens (including phenoxy) is 3. The smallest absolute Gasteiger partial charge is 0.251 e. The Kier molecular flexibility index (Phi) is 6.51. The topological polar surface area (TPSA) is 65.0 Å². The van der Waals surface area contributed by atoms with Gasteiger partial charge in [0, 0.05) is 37.1 Å². The number of pyridine rings is 1. The molecule has 0 radical (unpaired) electrons. The Morgan fingerprint density at radius 3 is 2.64 bits per heavy atom. The van der Waals surface area contributed by atoms with Gasteiger partial charge in [-0.15, -0.1) is 0 Å². The number of nitrogens with one attached hydrogen (secondary N) is 1. The monoisotopic (exact) mass is 449 g/mol. The van der Waals surface area contributed by atoms with Crippen LogP contribution in [0.2, 0.25) is 0 Å². The molecule has 7 nitrogen and oxygen atoms in total. The van der Waals surface area contributed by atoms with Crippen molar-refractivity contribution in [3.05, 3.63) is 64.4 Å². The Bertz CT molecular complexity index is 1170. The fourth-order valence-corrected chi connectivity index (χ4v) is 4.77. The summed E-state index contributed by atoms with van der Waals surface area (Å²) in [6.07, 6.45) is 2.19. The summed E-state index contributed by atoms with van der Waals surface area (Å²) in [5, 5.41) is 4.72. The van der Waals surface area contributed by atoms with Gasteiger partial charge in [-0.1, -0.05) is 18.2 Å². The van der Waals surface area contributed by atoms with Crippen molar-refractivity contribution in [2.45, 2.75) is 32.0 Å². The minimum Gasteiger partial charge on any atom is -0.495 e. The third-order valence-corrected chi connectivity index (χ3v) is 6.62. The predicted octanol–water partition coefficient (Wildman–Crippen LogP) is 3.04. The van der Waals surface area contributed by atoms with Crippen LogP contribution >= 0.6 is 0 Å². The summed E-state index contributed by atoms with van der Waals surface area (Å²) in [5.41, 5.74) is 2.11. The van der Waals surface area contributed by atoms with Crippen LogP contribution in [0.25, 0.3) is 10.9 Å². The molecule has 1 saturated heterocycles. The highest BCUT2D eigenvalue weighted by Crippen LogP contribution is 2.30. The van der Waals surface area contributed by atoms with Crippen molar-refractivity contribution in [3.63, 3.8) is 0 Å². The molecular weight excluding hydrogens is 418 g/mol. The number of hydrogen-bond donors (Lipinski definition) is 1. The lowest BCUT2D eigenvalue weighted by Crippen LogP contribution is -2.43. The van der Waals surface area contributed by atoms with E-state index in [-0.39, 0.29) is 5.56 Å². The van der Waals surface area contributed by atoms with Gasteiger partial charge in [0.05, 0.1) is 12.6 Å². The van der Waals surface area contributed by atoms with E-state index in [0.29, 0.717) is 25.8 Å². The summed E-state index contributed by atoms with van der Waals surface area (Å²) >= 11 is 0. The van der Waals surface area contributed by atoms with Crippen LogP contribution in [0.4, 0.5) is 0 Å². The van der Waals surface area contributed by atoms with Gasteiger partial charge in [-0.25, -0.2) is 0 Å². The molecule has 2 aromatic carbocycles. The molecule has 0 saturated carbocycles. The zero-order valence-electron chi connectivity index (χ0n) is 19.1. The summed E-state index contributed by atoms with van der Waals surface area (Å²) in [6.45, 7) is 5.61. The van der Waals surface area contributed by atoms with Gasteiger partial charge in [-0.05, 0) is 55.8 Å². The van der Waals surface area contributed by atoms with E-state index in [1.54, 1.807) is 13.2 Å². The normalized spacial score (nSPS) is 16.8. The number of methoxy groups -OCH3 is 1. The van der Waals surface area contributed by atoms with Gasteiger partial charge in [-0.3, -0.25) is 4.79 Å². The zero-order chi connectivity index (χ0) is 22.6. The molecule has 0 atom stereocenters. The molecule has 3 heterocycles. The van der Waals surface area contributed by atoms with E-state index >= 15 is 0 Å². The van der Waals surface area contributed by atoms with Crippen LogP contribution in [0.5, 0.6) is 17.2 Å². The average molecular weight is 450 g/mol. The van der Waals surface area contributed by atoms with Crippen LogP contribution in [0.3, 0.4) is 0 Å². The molecule has 0 amide bonds. The number of aromatic nitrogens is 1. The number of nitrogens with zero attached hydrogens (tertiary/aromatic N) is 2. The Morgan fingerprint density at radius 2 is 1.82 bits per heavy atom. The Balaban J connectivity index is 1.14. The van der Waals surface area contributed by atoms with Crippen molar-refractivity contribution in [3.8, 4) is 17.2 Å². The second kappa shape index (κ2) is 9.85. The van der Waals surface area contributed by atoms with Gasteiger partial charge in [0.25, 0.3) is 5.56 Å². The van der Waals surface area contributed by atoms with Crippen molar-refractivity contribution >= 4 is 10.9 Å². The molecule has 1 fully saturated rings. The van der Waals surface area contributed by atoms with E-state index in [2.05, 4.69) is 22.3 Å². The maximum atomic E-state index is 12.6. The molecule has 2 aliphatic rings. The van der Waals surface area contributed by atoms with Gasteiger partial charge in [0.2, 0.25) is 0 Å². The molecule has 1 aromatic heterocycles. The Hall–Kier alpha value is -3.03. The average Bonchev–Trinajstić information content (AvgIpc) is 2.87. The minimum absolute atomic E-state index is 0.0166. The van der Waals surface area contributed by atoms with Crippen LogP contribution in [0, 0.1) is 0 Å². The van der Waals surface area contributed by atoms with Crippen molar-refractivity contribution in [2.24, 2.45) is 0 Å². The SMILES string of the molecule is COc1cccc2ccc(=O)n(CCN3CCC(NCc4ccc5c(c4)OCCO5)CC3)c12. The molecule has 5 rings (SSSR count). The summed E-state index contributed by atoms with van der Waals surface area (Å²) < 4.78 is 18.7. The molecule has 1 N–H and O–H groups in total. The highest BCUT2D eigenvalue weighted by atomic mass is 16.6. The highest BCUT2D eigenvalue weighted by molar-refractivity contribution is 5.84. The summed E-state index contributed by atoms with van der Waals surface area (Å²) in [4.78, 5) is 15.0. The number of fused-ring (bicyclic) bond motifs is 2. The number of hydrogen-bond acceptors (Lipinski definition) is 6. The second-order valence-electron chi connectivity index (χ2n) is 8.70. The Morgan fingerprint density at radius 1 is 1.00 bits per heavy atom. The lowest BCUT2D eigenvalue weighted by molar-refractivity contribution is 0.171. The standard InChI is InChI=1S/C26H31N3O4/c1-31-23-4-2-3-20-6-8-25(30)29(26(20)23)14-13-28-11-9-21(10-12-28)27-18-19-5-7-22-24(17-19)33-16-15-32-22/h2-8,17,21,27H,9-16,18H2,1H3. The quantitative estimate of drug-likeness (QED) is 0.598. The van der Waals surface area contributed by atoms with E-state index in [1.807, 2.05) is 34.9 Å². The third-order valence-electron chi connectivity index (χ3n) is 6.62. The van der Waals surface area contributed by atoms with Crippen LogP contribution in [0.1, 0.15) is 18.4 Å². The van der Waals surface area contributed by atoms with Gasteiger partial charge in [0.1, 0.15) is 19.0 Å². The zero-order valence-corrected chi connectivity index (χ0v) is 19.1. The highest BCUT2D eigenvalue weighted by Gasteiger charge is 2.20. The van der Waals surface area contributed by atoms with E-state index < -0.39 is 0 Å². The molecule has 3 aromatic rings. The molecule has 0 spiro atoms. The molecular formula is C26H31N3O4. The maximum Gasteiger partial charge on any atom is 0.251 e. The van der Waals surface area contributed by atoms with Crippen molar-refractivity contribution in [1.82, 2.24) is 14.8 Å². The number of para-hydroxylation sites is 1. The first-order chi connectivity index (χ1) is 16.2. The molecule has 0 unspecified atom stereocenters. The van der Waals surface area contributed by atoms with Crippen LogP contribution < -0.4 is 25.1 Å². The van der Waals surface area contributed by atoms with Gasteiger partial charge >= 0.3 is 0 Å². The fraction of sp³-hybridized carbons (Fsp3) is 0.423.